The van der Waals surface area contributed by atoms with Crippen LogP contribution in [0.15, 0.2) is 22.8 Å². The van der Waals surface area contributed by atoms with Crippen molar-refractivity contribution in [1.29, 1.82) is 0 Å². The monoisotopic (exact) mass is 294 g/mol. The normalized spacial score (nSPS) is 18.7. The van der Waals surface area contributed by atoms with Crippen LogP contribution in [0.1, 0.15) is 50.8 Å². The molecule has 1 heterocycles. The van der Waals surface area contributed by atoms with Gasteiger partial charge in [-0.25, -0.2) is 9.59 Å². The van der Waals surface area contributed by atoms with E-state index in [2.05, 4.69) is 10.6 Å². The third-order valence-electron chi connectivity index (χ3n) is 3.99. The van der Waals surface area contributed by atoms with Crippen LogP contribution in [-0.4, -0.2) is 23.1 Å². The molecule has 1 saturated carbocycles. The molecule has 2 atom stereocenters. The lowest BCUT2D eigenvalue weighted by atomic mass is 9.84. The van der Waals surface area contributed by atoms with Gasteiger partial charge in [0.05, 0.1) is 12.3 Å². The van der Waals surface area contributed by atoms with E-state index in [0.29, 0.717) is 5.76 Å². The summed E-state index contributed by atoms with van der Waals surface area (Å²) in [5, 5.41) is 14.6. The zero-order valence-electron chi connectivity index (χ0n) is 12.2. The molecular weight excluding hydrogens is 272 g/mol. The molecule has 1 aliphatic rings. The van der Waals surface area contributed by atoms with E-state index in [-0.39, 0.29) is 12.0 Å². The summed E-state index contributed by atoms with van der Waals surface area (Å²) >= 11 is 0. The van der Waals surface area contributed by atoms with Gasteiger partial charge in [0, 0.05) is 0 Å². The molecule has 0 spiro atoms. The molecule has 0 saturated heterocycles. The number of nitrogens with one attached hydrogen (secondary N) is 2. The average molecular weight is 294 g/mol. The van der Waals surface area contributed by atoms with E-state index in [4.69, 9.17) is 4.42 Å². The molecule has 1 aliphatic carbocycles. The fourth-order valence-corrected chi connectivity index (χ4v) is 2.84. The molecule has 1 aromatic rings. The van der Waals surface area contributed by atoms with Gasteiger partial charge in [0.2, 0.25) is 0 Å². The predicted molar refractivity (Wildman–Crippen MR) is 76.8 cm³/mol. The van der Waals surface area contributed by atoms with Crippen molar-refractivity contribution >= 4 is 12.0 Å². The highest BCUT2D eigenvalue weighted by atomic mass is 16.4. The fraction of sp³-hybridized carbons (Fsp3) is 0.600. The van der Waals surface area contributed by atoms with E-state index < -0.39 is 18.0 Å². The number of rotatable bonds is 5. The zero-order valence-corrected chi connectivity index (χ0v) is 12.2. The molecule has 0 radical (unpaired) electrons. The van der Waals surface area contributed by atoms with Crippen molar-refractivity contribution in [2.45, 2.75) is 51.1 Å². The summed E-state index contributed by atoms with van der Waals surface area (Å²) < 4.78 is 5.21. The van der Waals surface area contributed by atoms with Gasteiger partial charge in [0.25, 0.3) is 0 Å². The van der Waals surface area contributed by atoms with Gasteiger partial charge in [-0.05, 0) is 37.8 Å². The molecule has 3 N–H and O–H groups in total. The van der Waals surface area contributed by atoms with Crippen LogP contribution in [0.5, 0.6) is 0 Å². The molecular formula is C15H22N2O4. The molecule has 1 aromatic heterocycles. The topological polar surface area (TPSA) is 91.6 Å². The molecule has 6 heteroatoms. The SMILES string of the molecule is CC(NC(=O)NC(C(=O)O)C1CCCCC1)c1ccco1. The predicted octanol–water partition coefficient (Wildman–Crippen LogP) is 2.67. The Balaban J connectivity index is 1.90. The first-order valence-electron chi connectivity index (χ1n) is 7.41. The number of hydrogen-bond acceptors (Lipinski definition) is 3. The molecule has 0 aromatic carbocycles. The van der Waals surface area contributed by atoms with Gasteiger partial charge in [-0.15, -0.1) is 0 Å². The average Bonchev–Trinajstić information content (AvgIpc) is 2.99. The highest BCUT2D eigenvalue weighted by molar-refractivity contribution is 5.82. The Hall–Kier alpha value is -1.98. The summed E-state index contributed by atoms with van der Waals surface area (Å²) in [6.45, 7) is 1.79. The van der Waals surface area contributed by atoms with E-state index in [0.717, 1.165) is 32.1 Å². The van der Waals surface area contributed by atoms with E-state index in [1.54, 1.807) is 19.1 Å². The number of amides is 2. The van der Waals surface area contributed by atoms with Crippen LogP contribution in [0, 0.1) is 5.92 Å². The number of carboxylic acids is 1. The van der Waals surface area contributed by atoms with Crippen LogP contribution < -0.4 is 10.6 Å². The van der Waals surface area contributed by atoms with Crippen LogP contribution in [0.25, 0.3) is 0 Å². The lowest BCUT2D eigenvalue weighted by Gasteiger charge is -2.28. The van der Waals surface area contributed by atoms with Crippen LogP contribution in [0.3, 0.4) is 0 Å². The van der Waals surface area contributed by atoms with Crippen molar-refractivity contribution in [2.75, 3.05) is 0 Å². The molecule has 0 aliphatic heterocycles. The molecule has 0 bridgehead atoms. The van der Waals surface area contributed by atoms with Gasteiger partial charge in [0.15, 0.2) is 0 Å². The lowest BCUT2D eigenvalue weighted by molar-refractivity contribution is -0.141. The van der Waals surface area contributed by atoms with E-state index in [1.807, 2.05) is 0 Å². The first-order valence-corrected chi connectivity index (χ1v) is 7.41. The number of urea groups is 1. The Morgan fingerprint density at radius 1 is 1.29 bits per heavy atom. The minimum absolute atomic E-state index is 0.0147. The van der Waals surface area contributed by atoms with Gasteiger partial charge in [-0.1, -0.05) is 19.3 Å². The first kappa shape index (κ1) is 15.4. The second-order valence-electron chi connectivity index (χ2n) is 5.57. The van der Waals surface area contributed by atoms with Gasteiger partial charge in [-0.3, -0.25) is 0 Å². The molecule has 2 unspecified atom stereocenters. The smallest absolute Gasteiger partial charge is 0.326 e. The maximum Gasteiger partial charge on any atom is 0.326 e. The van der Waals surface area contributed by atoms with Crippen molar-refractivity contribution in [2.24, 2.45) is 5.92 Å². The van der Waals surface area contributed by atoms with E-state index in [1.165, 1.54) is 6.26 Å². The third kappa shape index (κ3) is 4.24. The first-order chi connectivity index (χ1) is 10.1. The van der Waals surface area contributed by atoms with E-state index in [9.17, 15) is 14.7 Å². The van der Waals surface area contributed by atoms with Crippen molar-refractivity contribution in [1.82, 2.24) is 10.6 Å². The number of furan rings is 1. The van der Waals surface area contributed by atoms with Crippen LogP contribution >= 0.6 is 0 Å². The Morgan fingerprint density at radius 2 is 2.00 bits per heavy atom. The van der Waals surface area contributed by atoms with Crippen molar-refractivity contribution in [3.63, 3.8) is 0 Å². The summed E-state index contributed by atoms with van der Waals surface area (Å²) in [6.07, 6.45) is 6.44. The standard InChI is InChI=1S/C15H22N2O4/c1-10(12-8-5-9-21-12)16-15(20)17-13(14(18)19)11-6-3-2-4-7-11/h5,8-11,13H,2-4,6-7H2,1H3,(H,18,19)(H2,16,17,20). The Morgan fingerprint density at radius 3 is 2.57 bits per heavy atom. The molecule has 116 valence electrons. The van der Waals surface area contributed by atoms with Gasteiger partial charge in [0.1, 0.15) is 11.8 Å². The van der Waals surface area contributed by atoms with E-state index >= 15 is 0 Å². The summed E-state index contributed by atoms with van der Waals surface area (Å²) in [4.78, 5) is 23.4. The summed E-state index contributed by atoms with van der Waals surface area (Å²) in [5.41, 5.74) is 0. The number of aliphatic carboxylic acids is 1. The minimum atomic E-state index is -0.970. The Labute approximate surface area is 123 Å². The lowest BCUT2D eigenvalue weighted by Crippen LogP contribution is -2.50. The quantitative estimate of drug-likeness (QED) is 0.778. The maximum absolute atomic E-state index is 12.0. The third-order valence-corrected chi connectivity index (χ3v) is 3.99. The summed E-state index contributed by atoms with van der Waals surface area (Å²) in [5.74, 6) is -0.321. The number of hydrogen-bond donors (Lipinski definition) is 3. The molecule has 1 fully saturated rings. The number of carboxylic acid groups (broad SMARTS) is 1. The van der Waals surface area contributed by atoms with Crippen molar-refractivity contribution < 1.29 is 19.1 Å². The summed E-state index contributed by atoms with van der Waals surface area (Å²) in [6, 6.07) is 1.90. The highest BCUT2D eigenvalue weighted by Gasteiger charge is 2.31. The fourth-order valence-electron chi connectivity index (χ4n) is 2.84. The van der Waals surface area contributed by atoms with Crippen LogP contribution in [0.2, 0.25) is 0 Å². The largest absolute Gasteiger partial charge is 0.480 e. The van der Waals surface area contributed by atoms with Crippen LogP contribution in [-0.2, 0) is 4.79 Å². The second-order valence-corrected chi connectivity index (χ2v) is 5.57. The zero-order chi connectivity index (χ0) is 15.2. The Bertz CT molecular complexity index is 466. The van der Waals surface area contributed by atoms with Crippen molar-refractivity contribution in [3.05, 3.63) is 24.2 Å². The maximum atomic E-state index is 12.0. The van der Waals surface area contributed by atoms with Gasteiger partial charge in [-0.2, -0.15) is 0 Å². The second kappa shape index (κ2) is 7.15. The Kier molecular flexibility index (Phi) is 5.25. The molecule has 2 rings (SSSR count). The number of carbonyl (C=O) groups excluding carboxylic acids is 1. The number of carbonyl (C=O) groups is 2. The van der Waals surface area contributed by atoms with Crippen LogP contribution in [0.4, 0.5) is 4.79 Å². The summed E-state index contributed by atoms with van der Waals surface area (Å²) in [7, 11) is 0. The molecule has 6 nitrogen and oxygen atoms in total. The molecule has 21 heavy (non-hydrogen) atoms. The highest BCUT2D eigenvalue weighted by Crippen LogP contribution is 2.26. The molecule has 2 amide bonds. The van der Waals surface area contributed by atoms with Gasteiger partial charge >= 0.3 is 12.0 Å². The van der Waals surface area contributed by atoms with Crippen molar-refractivity contribution in [3.8, 4) is 0 Å². The van der Waals surface area contributed by atoms with Gasteiger partial charge < -0.3 is 20.2 Å². The minimum Gasteiger partial charge on any atom is -0.480 e.